The molecule has 0 radical (unpaired) electrons. The van der Waals surface area contributed by atoms with Crippen LogP contribution in [0.1, 0.15) is 22.7 Å². The minimum Gasteiger partial charge on any atom is -0.495 e. The number of nitrogens with one attached hydrogen (secondary N) is 2. The quantitative estimate of drug-likeness (QED) is 0.543. The van der Waals surface area contributed by atoms with Gasteiger partial charge in [-0.15, -0.1) is 0 Å². The summed E-state index contributed by atoms with van der Waals surface area (Å²) in [5.74, 6) is 0.566. The number of thiophene rings is 1. The number of carbonyl (C=O) groups is 1. The van der Waals surface area contributed by atoms with Crippen molar-refractivity contribution in [1.82, 2.24) is 10.2 Å². The van der Waals surface area contributed by atoms with Gasteiger partial charge >= 0.3 is 6.03 Å². The van der Waals surface area contributed by atoms with Crippen LogP contribution in [-0.4, -0.2) is 31.1 Å². The number of benzene rings is 2. The zero-order valence-corrected chi connectivity index (χ0v) is 18.3. The topological polar surface area (TPSA) is 53.6 Å². The molecule has 30 heavy (non-hydrogen) atoms. The molecule has 2 amide bonds. The highest BCUT2D eigenvalue weighted by atomic mass is 35.5. The van der Waals surface area contributed by atoms with E-state index in [1.165, 1.54) is 16.7 Å². The number of ether oxygens (including phenoxy) is 1. The lowest BCUT2D eigenvalue weighted by Gasteiger charge is -2.35. The number of urea groups is 1. The second-order valence-corrected chi connectivity index (χ2v) is 8.46. The third kappa shape index (κ3) is 4.78. The van der Waals surface area contributed by atoms with Crippen molar-refractivity contribution in [3.63, 3.8) is 0 Å². The van der Waals surface area contributed by atoms with Gasteiger partial charge in [-0.3, -0.25) is 4.90 Å². The summed E-state index contributed by atoms with van der Waals surface area (Å²) in [6.45, 7) is 2.35. The predicted molar refractivity (Wildman–Crippen MR) is 123 cm³/mol. The molecule has 7 heteroatoms. The van der Waals surface area contributed by atoms with E-state index in [1.54, 1.807) is 36.6 Å². The third-order valence-corrected chi connectivity index (χ3v) is 6.33. The summed E-state index contributed by atoms with van der Waals surface area (Å²) in [5, 5.41) is 10.6. The number of hydrogen-bond donors (Lipinski definition) is 2. The van der Waals surface area contributed by atoms with Crippen molar-refractivity contribution in [2.75, 3.05) is 25.5 Å². The Balaban J connectivity index is 1.45. The molecule has 2 aromatic carbocycles. The van der Waals surface area contributed by atoms with Gasteiger partial charge in [-0.05, 0) is 58.1 Å². The molecule has 2 heterocycles. The van der Waals surface area contributed by atoms with E-state index < -0.39 is 0 Å². The maximum absolute atomic E-state index is 12.6. The Hall–Kier alpha value is -2.54. The zero-order valence-electron chi connectivity index (χ0n) is 16.7. The first kappa shape index (κ1) is 20.7. The lowest BCUT2D eigenvalue weighted by Crippen LogP contribution is -2.41. The van der Waals surface area contributed by atoms with E-state index >= 15 is 0 Å². The van der Waals surface area contributed by atoms with Crippen LogP contribution in [0.5, 0.6) is 5.75 Å². The summed E-state index contributed by atoms with van der Waals surface area (Å²) in [6.07, 6.45) is 1.02. The number of hydrogen-bond acceptors (Lipinski definition) is 4. The van der Waals surface area contributed by atoms with Crippen molar-refractivity contribution >= 4 is 34.7 Å². The largest absolute Gasteiger partial charge is 0.495 e. The molecule has 0 saturated carbocycles. The number of rotatable bonds is 6. The Labute approximate surface area is 185 Å². The van der Waals surface area contributed by atoms with Crippen molar-refractivity contribution < 1.29 is 9.53 Å². The van der Waals surface area contributed by atoms with Gasteiger partial charge in [0.2, 0.25) is 0 Å². The van der Waals surface area contributed by atoms with Gasteiger partial charge in [0, 0.05) is 24.7 Å². The summed E-state index contributed by atoms with van der Waals surface area (Å²) < 4.78 is 5.31. The minimum absolute atomic E-state index is 0.108. The number of carbonyl (C=O) groups excluding carboxylic acids is 1. The molecule has 1 aromatic heterocycles. The second-order valence-electron chi connectivity index (χ2n) is 7.24. The highest BCUT2D eigenvalue weighted by Gasteiger charge is 2.25. The van der Waals surface area contributed by atoms with Crippen LogP contribution in [-0.2, 0) is 13.0 Å². The van der Waals surface area contributed by atoms with Crippen LogP contribution >= 0.6 is 22.9 Å². The maximum atomic E-state index is 12.6. The number of nitrogens with zero attached hydrogens (tertiary/aromatic N) is 1. The minimum atomic E-state index is -0.284. The number of methoxy groups -OCH3 is 1. The molecular weight excluding hydrogens is 418 g/mol. The van der Waals surface area contributed by atoms with Gasteiger partial charge in [0.25, 0.3) is 0 Å². The molecule has 0 aliphatic carbocycles. The van der Waals surface area contributed by atoms with E-state index in [2.05, 4.69) is 56.6 Å². The molecule has 1 aliphatic heterocycles. The molecular formula is C23H24ClN3O2S. The summed E-state index contributed by atoms with van der Waals surface area (Å²) in [7, 11) is 1.56. The number of anilines is 1. The Morgan fingerprint density at radius 1 is 1.23 bits per heavy atom. The lowest BCUT2D eigenvalue weighted by atomic mass is 9.97. The maximum Gasteiger partial charge on any atom is 0.319 e. The first-order chi connectivity index (χ1) is 14.6. The Morgan fingerprint density at radius 3 is 2.83 bits per heavy atom. The third-order valence-electron chi connectivity index (χ3n) is 5.39. The van der Waals surface area contributed by atoms with E-state index in [1.807, 2.05) is 0 Å². The highest BCUT2D eigenvalue weighted by Crippen LogP contribution is 2.30. The normalized spacial score (nSPS) is 14.6. The van der Waals surface area contributed by atoms with Gasteiger partial charge in [-0.1, -0.05) is 35.9 Å². The van der Waals surface area contributed by atoms with Crippen LogP contribution in [0.25, 0.3) is 0 Å². The van der Waals surface area contributed by atoms with E-state index in [0.717, 1.165) is 19.5 Å². The van der Waals surface area contributed by atoms with E-state index in [0.29, 0.717) is 23.0 Å². The molecule has 0 saturated heterocycles. The summed E-state index contributed by atoms with van der Waals surface area (Å²) in [5.41, 5.74) is 4.54. The molecule has 5 nitrogen and oxygen atoms in total. The Morgan fingerprint density at radius 2 is 2.07 bits per heavy atom. The van der Waals surface area contributed by atoms with Crippen LogP contribution in [0.3, 0.4) is 0 Å². The molecule has 0 bridgehead atoms. The summed E-state index contributed by atoms with van der Waals surface area (Å²) in [4.78, 5) is 15.0. The molecule has 156 valence electrons. The fourth-order valence-corrected chi connectivity index (χ4v) is 4.72. The van der Waals surface area contributed by atoms with Crippen molar-refractivity contribution in [3.8, 4) is 5.75 Å². The SMILES string of the molecule is COc1ccc(Cl)cc1NC(=O)NCC(c1ccsc1)N1CCc2ccccc2C1. The summed E-state index contributed by atoms with van der Waals surface area (Å²) >= 11 is 7.74. The predicted octanol–water partition coefficient (Wildman–Crippen LogP) is 5.33. The van der Waals surface area contributed by atoms with Crippen molar-refractivity contribution in [2.45, 2.75) is 19.0 Å². The first-order valence-corrected chi connectivity index (χ1v) is 11.2. The van der Waals surface area contributed by atoms with Crippen molar-refractivity contribution in [1.29, 1.82) is 0 Å². The van der Waals surface area contributed by atoms with Crippen molar-refractivity contribution in [2.24, 2.45) is 0 Å². The summed E-state index contributed by atoms with van der Waals surface area (Å²) in [6, 6.07) is 15.7. The molecule has 2 N–H and O–H groups in total. The van der Waals surface area contributed by atoms with Gasteiger partial charge in [-0.25, -0.2) is 4.79 Å². The van der Waals surface area contributed by atoms with Crippen LogP contribution in [0, 0.1) is 0 Å². The fourth-order valence-electron chi connectivity index (χ4n) is 3.84. The van der Waals surface area contributed by atoms with Gasteiger partial charge in [0.1, 0.15) is 5.75 Å². The Bertz CT molecular complexity index is 1010. The zero-order chi connectivity index (χ0) is 20.9. The van der Waals surface area contributed by atoms with E-state index in [4.69, 9.17) is 16.3 Å². The van der Waals surface area contributed by atoms with Crippen molar-refractivity contribution in [3.05, 3.63) is 81.0 Å². The second kappa shape index (κ2) is 9.51. The molecule has 1 atom stereocenters. The molecule has 4 rings (SSSR count). The number of halogens is 1. The monoisotopic (exact) mass is 441 g/mol. The number of amides is 2. The van der Waals surface area contributed by atoms with Crippen LogP contribution in [0.4, 0.5) is 10.5 Å². The Kier molecular flexibility index (Phi) is 6.57. The number of fused-ring (bicyclic) bond motifs is 1. The van der Waals surface area contributed by atoms with Crippen LogP contribution in [0.15, 0.2) is 59.3 Å². The molecule has 0 spiro atoms. The smallest absolute Gasteiger partial charge is 0.319 e. The molecule has 0 fully saturated rings. The standard InChI is InChI=1S/C23H24ClN3O2S/c1-29-22-7-6-19(24)12-20(22)26-23(28)25-13-21(18-9-11-30-15-18)27-10-8-16-4-2-3-5-17(16)14-27/h2-7,9,11-12,15,21H,8,10,13-14H2,1H3,(H2,25,26,28). The first-order valence-electron chi connectivity index (χ1n) is 9.85. The molecule has 3 aromatic rings. The fraction of sp³-hybridized carbons (Fsp3) is 0.261. The van der Waals surface area contributed by atoms with E-state index in [9.17, 15) is 4.79 Å². The average Bonchev–Trinajstić information content (AvgIpc) is 3.28. The van der Waals surface area contributed by atoms with Crippen LogP contribution < -0.4 is 15.4 Å². The van der Waals surface area contributed by atoms with Gasteiger partial charge in [-0.2, -0.15) is 11.3 Å². The highest BCUT2D eigenvalue weighted by molar-refractivity contribution is 7.08. The molecule has 1 aliphatic rings. The molecule has 1 unspecified atom stereocenters. The van der Waals surface area contributed by atoms with E-state index in [-0.39, 0.29) is 12.1 Å². The van der Waals surface area contributed by atoms with Gasteiger partial charge in [0.15, 0.2) is 0 Å². The van der Waals surface area contributed by atoms with Gasteiger partial charge in [0.05, 0.1) is 18.8 Å². The van der Waals surface area contributed by atoms with Crippen LogP contribution in [0.2, 0.25) is 5.02 Å². The lowest BCUT2D eigenvalue weighted by molar-refractivity contribution is 0.176. The van der Waals surface area contributed by atoms with Gasteiger partial charge < -0.3 is 15.4 Å². The average molecular weight is 442 g/mol.